The molecule has 0 aliphatic heterocycles. The quantitative estimate of drug-likeness (QED) is 0.734. The normalized spacial score (nSPS) is 10.6. The number of rotatable bonds is 3. The zero-order valence-electron chi connectivity index (χ0n) is 8.87. The smallest absolute Gasteiger partial charge is 0.234 e. The second kappa shape index (κ2) is 5.02. The number of nitrogens with zero attached hydrogens (tertiary/aromatic N) is 3. The van der Waals surface area contributed by atoms with Crippen LogP contribution in [0.4, 0.5) is 5.82 Å². The van der Waals surface area contributed by atoms with Crippen LogP contribution in [0.1, 0.15) is 5.56 Å². The number of hydrogen-bond donors (Lipinski definition) is 0. The molecule has 0 saturated heterocycles. The molecule has 0 amide bonds. The predicted octanol–water partition coefficient (Wildman–Crippen LogP) is 2.24. The molecule has 0 atom stereocenters. The van der Waals surface area contributed by atoms with Crippen LogP contribution in [-0.4, -0.2) is 23.3 Å². The molecule has 0 saturated carbocycles. The van der Waals surface area contributed by atoms with Gasteiger partial charge in [-0.2, -0.15) is 4.98 Å². The molecule has 2 aromatic rings. The molecule has 0 fully saturated rings. The number of aromatic nitrogens is 2. The fourth-order valence-electron chi connectivity index (χ4n) is 1.18. The van der Waals surface area contributed by atoms with Crippen molar-refractivity contribution in [2.45, 2.75) is 0 Å². The van der Waals surface area contributed by atoms with Crippen LogP contribution in [0.25, 0.3) is 0 Å². The second-order valence-corrected chi connectivity index (χ2v) is 3.09. The Kier molecular flexibility index (Phi) is 3.23. The van der Waals surface area contributed by atoms with E-state index in [0.29, 0.717) is 11.7 Å². The van der Waals surface area contributed by atoms with Gasteiger partial charge in [0.1, 0.15) is 0 Å². The monoisotopic (exact) mass is 213 g/mol. The zero-order chi connectivity index (χ0) is 11.2. The van der Waals surface area contributed by atoms with Crippen molar-refractivity contribution in [3.63, 3.8) is 0 Å². The molecule has 16 heavy (non-hydrogen) atoms. The van der Waals surface area contributed by atoms with Crippen LogP contribution in [0.3, 0.4) is 0 Å². The van der Waals surface area contributed by atoms with Crippen molar-refractivity contribution in [1.29, 1.82) is 0 Å². The first-order valence-electron chi connectivity index (χ1n) is 4.83. The van der Waals surface area contributed by atoms with Crippen LogP contribution in [0, 0.1) is 0 Å². The lowest BCUT2D eigenvalue weighted by Gasteiger charge is -1.97. The van der Waals surface area contributed by atoms with E-state index in [1.54, 1.807) is 25.7 Å². The van der Waals surface area contributed by atoms with E-state index >= 15 is 0 Å². The summed E-state index contributed by atoms with van der Waals surface area (Å²) in [6.45, 7) is 0. The fraction of sp³-hybridized carbons (Fsp3) is 0.0833. The Balaban J connectivity index is 2.17. The Morgan fingerprint density at radius 1 is 1.19 bits per heavy atom. The highest BCUT2D eigenvalue weighted by Gasteiger charge is 1.95. The third kappa shape index (κ3) is 2.63. The minimum Gasteiger partial charge on any atom is -0.480 e. The molecule has 0 radical (unpaired) electrons. The second-order valence-electron chi connectivity index (χ2n) is 3.09. The van der Waals surface area contributed by atoms with Gasteiger partial charge >= 0.3 is 0 Å². The van der Waals surface area contributed by atoms with Crippen molar-refractivity contribution in [1.82, 2.24) is 9.97 Å². The molecule has 4 heteroatoms. The van der Waals surface area contributed by atoms with Crippen LogP contribution in [0.5, 0.6) is 5.88 Å². The van der Waals surface area contributed by atoms with Crippen molar-refractivity contribution in [3.8, 4) is 5.88 Å². The van der Waals surface area contributed by atoms with Gasteiger partial charge in [-0.1, -0.05) is 30.3 Å². The number of hydrogen-bond acceptors (Lipinski definition) is 4. The van der Waals surface area contributed by atoms with Crippen molar-refractivity contribution in [3.05, 3.63) is 48.3 Å². The molecule has 1 aromatic heterocycles. The summed E-state index contributed by atoms with van der Waals surface area (Å²) in [6, 6.07) is 9.81. The Labute approximate surface area is 93.7 Å². The van der Waals surface area contributed by atoms with E-state index in [1.165, 1.54) is 0 Å². The lowest BCUT2D eigenvalue weighted by molar-refractivity contribution is 0.396. The summed E-state index contributed by atoms with van der Waals surface area (Å²) in [4.78, 5) is 12.3. The predicted molar refractivity (Wildman–Crippen MR) is 62.3 cm³/mol. The van der Waals surface area contributed by atoms with Gasteiger partial charge in [0.15, 0.2) is 5.82 Å². The summed E-state index contributed by atoms with van der Waals surface area (Å²) in [6.07, 6.45) is 4.87. The Morgan fingerprint density at radius 3 is 2.75 bits per heavy atom. The van der Waals surface area contributed by atoms with Crippen LogP contribution in [-0.2, 0) is 0 Å². The number of methoxy groups -OCH3 is 1. The molecule has 0 aliphatic rings. The third-order valence-electron chi connectivity index (χ3n) is 1.95. The highest BCUT2D eigenvalue weighted by atomic mass is 16.5. The van der Waals surface area contributed by atoms with E-state index in [0.717, 1.165) is 5.56 Å². The topological polar surface area (TPSA) is 47.4 Å². The molecule has 0 spiro atoms. The van der Waals surface area contributed by atoms with E-state index in [2.05, 4.69) is 15.0 Å². The Morgan fingerprint density at radius 2 is 2.00 bits per heavy atom. The highest BCUT2D eigenvalue weighted by molar-refractivity contribution is 5.81. The molecule has 1 aromatic carbocycles. The van der Waals surface area contributed by atoms with Gasteiger partial charge in [0.05, 0.1) is 19.5 Å². The largest absolute Gasteiger partial charge is 0.480 e. The molecule has 80 valence electrons. The lowest BCUT2D eigenvalue weighted by atomic mass is 10.2. The maximum Gasteiger partial charge on any atom is 0.234 e. The summed E-state index contributed by atoms with van der Waals surface area (Å²) in [5.41, 5.74) is 1.02. The average Bonchev–Trinajstić information content (AvgIpc) is 2.38. The van der Waals surface area contributed by atoms with E-state index < -0.39 is 0 Å². The van der Waals surface area contributed by atoms with Crippen LogP contribution in [0.15, 0.2) is 47.7 Å². The molecule has 0 N–H and O–H groups in total. The summed E-state index contributed by atoms with van der Waals surface area (Å²) in [5.74, 6) is 0.992. The molecular weight excluding hydrogens is 202 g/mol. The summed E-state index contributed by atoms with van der Waals surface area (Å²) >= 11 is 0. The highest BCUT2D eigenvalue weighted by Crippen LogP contribution is 2.11. The maximum atomic E-state index is 4.96. The van der Waals surface area contributed by atoms with Gasteiger partial charge in [-0.3, -0.25) is 4.98 Å². The number of ether oxygens (including phenoxy) is 1. The molecule has 2 rings (SSSR count). The SMILES string of the molecule is COc1cncc(N=Cc2ccccc2)n1. The van der Waals surface area contributed by atoms with Crippen molar-refractivity contribution < 1.29 is 4.74 Å². The summed E-state index contributed by atoms with van der Waals surface area (Å²) in [7, 11) is 1.55. The van der Waals surface area contributed by atoms with E-state index in [-0.39, 0.29) is 0 Å². The summed E-state index contributed by atoms with van der Waals surface area (Å²) in [5, 5.41) is 0. The van der Waals surface area contributed by atoms with E-state index in [9.17, 15) is 0 Å². The van der Waals surface area contributed by atoms with Gasteiger partial charge < -0.3 is 4.74 Å². The lowest BCUT2D eigenvalue weighted by Crippen LogP contribution is -1.88. The third-order valence-corrected chi connectivity index (χ3v) is 1.95. The van der Waals surface area contributed by atoms with Crippen molar-refractivity contribution in [2.24, 2.45) is 4.99 Å². The maximum absolute atomic E-state index is 4.96. The minimum absolute atomic E-state index is 0.461. The standard InChI is InChI=1S/C12H11N3O/c1-16-12-9-13-8-11(15-12)14-7-10-5-3-2-4-6-10/h2-9H,1H3. The molecule has 0 unspecified atom stereocenters. The van der Waals surface area contributed by atoms with Gasteiger partial charge in [-0.25, -0.2) is 4.99 Å². The first-order chi connectivity index (χ1) is 7.88. The first-order valence-corrected chi connectivity index (χ1v) is 4.83. The minimum atomic E-state index is 0.461. The Hall–Kier alpha value is -2.23. The molecule has 0 aliphatic carbocycles. The number of aliphatic imine (C=N–C) groups is 1. The van der Waals surface area contributed by atoms with Gasteiger partial charge in [-0.05, 0) is 5.56 Å². The summed E-state index contributed by atoms with van der Waals surface area (Å²) < 4.78 is 4.96. The van der Waals surface area contributed by atoms with Crippen LogP contribution in [0.2, 0.25) is 0 Å². The van der Waals surface area contributed by atoms with Gasteiger partial charge in [0.25, 0.3) is 0 Å². The molecule has 4 nitrogen and oxygen atoms in total. The van der Waals surface area contributed by atoms with Gasteiger partial charge in [-0.15, -0.1) is 0 Å². The van der Waals surface area contributed by atoms with Gasteiger partial charge in [0, 0.05) is 6.21 Å². The van der Waals surface area contributed by atoms with Gasteiger partial charge in [0.2, 0.25) is 5.88 Å². The number of benzene rings is 1. The zero-order valence-corrected chi connectivity index (χ0v) is 8.87. The molecule has 0 bridgehead atoms. The first kappa shape index (κ1) is 10.3. The Bertz CT molecular complexity index is 483. The average molecular weight is 213 g/mol. The fourth-order valence-corrected chi connectivity index (χ4v) is 1.18. The molecular formula is C12H11N3O. The van der Waals surface area contributed by atoms with E-state index in [1.807, 2.05) is 30.3 Å². The van der Waals surface area contributed by atoms with E-state index in [4.69, 9.17) is 4.74 Å². The van der Waals surface area contributed by atoms with Crippen molar-refractivity contribution >= 4 is 12.0 Å². The van der Waals surface area contributed by atoms with Crippen LogP contribution < -0.4 is 4.74 Å². The van der Waals surface area contributed by atoms with Crippen molar-refractivity contribution in [2.75, 3.05) is 7.11 Å². The van der Waals surface area contributed by atoms with Crippen LogP contribution >= 0.6 is 0 Å². The molecule has 1 heterocycles.